The van der Waals surface area contributed by atoms with Crippen LogP contribution >= 0.6 is 11.6 Å². The van der Waals surface area contributed by atoms with Crippen molar-refractivity contribution in [3.05, 3.63) is 50.3 Å². The molecular formula is C8H5ClN2O2. The molecule has 0 aromatic heterocycles. The van der Waals surface area contributed by atoms with E-state index in [1.165, 1.54) is 18.2 Å². The van der Waals surface area contributed by atoms with Crippen LogP contribution in [0.1, 0.15) is 5.56 Å². The van der Waals surface area contributed by atoms with Crippen LogP contribution in [0.2, 0.25) is 5.02 Å². The molecule has 0 fully saturated rings. The lowest BCUT2D eigenvalue weighted by Gasteiger charge is -1.96. The topological polar surface area (TPSA) is 47.5 Å². The molecule has 0 amide bonds. The highest BCUT2D eigenvalue weighted by Gasteiger charge is 2.15. The second kappa shape index (κ2) is 3.87. The summed E-state index contributed by atoms with van der Waals surface area (Å²) in [6.45, 7) is 6.59. The van der Waals surface area contributed by atoms with E-state index < -0.39 is 4.92 Å². The Kier molecular flexibility index (Phi) is 2.83. The van der Waals surface area contributed by atoms with Crippen molar-refractivity contribution in [3.8, 4) is 0 Å². The summed E-state index contributed by atoms with van der Waals surface area (Å²) in [5.74, 6) is 0. The van der Waals surface area contributed by atoms with Gasteiger partial charge in [-0.15, -0.1) is 0 Å². The molecular weight excluding hydrogens is 192 g/mol. The molecule has 5 heteroatoms. The fraction of sp³-hybridized carbons (Fsp3) is 0.125. The minimum atomic E-state index is -0.517. The van der Waals surface area contributed by atoms with E-state index in [-0.39, 0.29) is 12.2 Å². The second-order valence-electron chi connectivity index (χ2n) is 2.35. The Hall–Kier alpha value is -1.60. The van der Waals surface area contributed by atoms with Gasteiger partial charge in [0.1, 0.15) is 5.56 Å². The molecule has 0 unspecified atom stereocenters. The summed E-state index contributed by atoms with van der Waals surface area (Å²) in [7, 11) is 0. The van der Waals surface area contributed by atoms with Crippen molar-refractivity contribution in [1.29, 1.82) is 0 Å². The fourth-order valence-corrected chi connectivity index (χ4v) is 1.14. The smallest absolute Gasteiger partial charge is 0.280 e. The lowest BCUT2D eigenvalue weighted by Crippen LogP contribution is -1.93. The molecule has 0 saturated carbocycles. The van der Waals surface area contributed by atoms with E-state index >= 15 is 0 Å². The van der Waals surface area contributed by atoms with Gasteiger partial charge in [-0.3, -0.25) is 10.1 Å². The predicted octanol–water partition coefficient (Wildman–Crippen LogP) is 2.67. The minimum absolute atomic E-state index is 0.0170. The lowest BCUT2D eigenvalue weighted by atomic mass is 10.2. The number of nitro benzene ring substituents is 1. The normalized spacial score (nSPS) is 9.23. The first-order valence-electron chi connectivity index (χ1n) is 3.41. The average Bonchev–Trinajstić information content (AvgIpc) is 2.04. The van der Waals surface area contributed by atoms with Crippen LogP contribution in [0.15, 0.2) is 18.2 Å². The Labute approximate surface area is 79.7 Å². The zero-order chi connectivity index (χ0) is 9.84. The Balaban J connectivity index is 3.20. The third-order valence-electron chi connectivity index (χ3n) is 1.49. The van der Waals surface area contributed by atoms with Crippen LogP contribution in [0.25, 0.3) is 4.85 Å². The van der Waals surface area contributed by atoms with E-state index in [0.29, 0.717) is 10.6 Å². The molecule has 0 spiro atoms. The van der Waals surface area contributed by atoms with Gasteiger partial charge in [-0.25, -0.2) is 6.57 Å². The molecule has 0 saturated heterocycles. The van der Waals surface area contributed by atoms with Crippen molar-refractivity contribution < 1.29 is 4.92 Å². The zero-order valence-electron chi connectivity index (χ0n) is 6.53. The van der Waals surface area contributed by atoms with E-state index in [1.54, 1.807) is 0 Å². The summed E-state index contributed by atoms with van der Waals surface area (Å²) >= 11 is 5.63. The molecule has 0 N–H and O–H groups in total. The van der Waals surface area contributed by atoms with Crippen LogP contribution in [0.3, 0.4) is 0 Å². The standard InChI is InChI=1S/C8H5ClN2O2/c1-10-5-6-4-7(9)2-3-8(6)11(12)13/h2-4H,5H2. The predicted molar refractivity (Wildman–Crippen MR) is 48.4 cm³/mol. The highest BCUT2D eigenvalue weighted by Crippen LogP contribution is 2.23. The number of rotatable bonds is 2. The monoisotopic (exact) mass is 196 g/mol. The van der Waals surface area contributed by atoms with Crippen molar-refractivity contribution in [2.24, 2.45) is 0 Å². The Morgan fingerprint density at radius 3 is 2.85 bits per heavy atom. The van der Waals surface area contributed by atoms with Crippen molar-refractivity contribution in [1.82, 2.24) is 0 Å². The molecule has 1 aromatic rings. The number of benzene rings is 1. The van der Waals surface area contributed by atoms with Crippen LogP contribution in [0.4, 0.5) is 5.69 Å². The van der Waals surface area contributed by atoms with Crippen molar-refractivity contribution >= 4 is 17.3 Å². The maximum atomic E-state index is 10.5. The first kappa shape index (κ1) is 9.49. The van der Waals surface area contributed by atoms with Gasteiger partial charge in [-0.2, -0.15) is 0 Å². The maximum absolute atomic E-state index is 10.5. The third kappa shape index (κ3) is 2.17. The van der Waals surface area contributed by atoms with E-state index in [9.17, 15) is 10.1 Å². The van der Waals surface area contributed by atoms with Gasteiger partial charge in [0.2, 0.25) is 6.54 Å². The molecule has 0 atom stereocenters. The van der Waals surface area contributed by atoms with Crippen LogP contribution in [-0.2, 0) is 6.54 Å². The first-order valence-corrected chi connectivity index (χ1v) is 3.79. The largest absolute Gasteiger partial charge is 0.311 e. The lowest BCUT2D eigenvalue weighted by molar-refractivity contribution is -0.385. The molecule has 0 radical (unpaired) electrons. The Morgan fingerprint density at radius 2 is 2.31 bits per heavy atom. The highest BCUT2D eigenvalue weighted by atomic mass is 35.5. The first-order chi connectivity index (χ1) is 6.15. The van der Waals surface area contributed by atoms with Crippen molar-refractivity contribution in [2.75, 3.05) is 0 Å². The molecule has 1 aromatic carbocycles. The average molecular weight is 197 g/mol. The van der Waals surface area contributed by atoms with Gasteiger partial charge < -0.3 is 4.85 Å². The van der Waals surface area contributed by atoms with Gasteiger partial charge in [0.15, 0.2) is 0 Å². The van der Waals surface area contributed by atoms with Crippen LogP contribution in [0, 0.1) is 16.7 Å². The summed E-state index contributed by atoms with van der Waals surface area (Å²) in [6.07, 6.45) is 0. The van der Waals surface area contributed by atoms with E-state index in [4.69, 9.17) is 18.2 Å². The molecule has 1 rings (SSSR count). The summed E-state index contributed by atoms with van der Waals surface area (Å²) in [5, 5.41) is 10.9. The van der Waals surface area contributed by atoms with Crippen molar-refractivity contribution in [2.45, 2.75) is 6.54 Å². The molecule has 0 aliphatic carbocycles. The molecule has 13 heavy (non-hydrogen) atoms. The number of nitrogens with zero attached hydrogens (tertiary/aromatic N) is 2. The minimum Gasteiger partial charge on any atom is -0.311 e. The molecule has 0 heterocycles. The van der Waals surface area contributed by atoms with Gasteiger partial charge in [0.25, 0.3) is 5.69 Å². The molecule has 66 valence electrons. The maximum Gasteiger partial charge on any atom is 0.280 e. The van der Waals surface area contributed by atoms with Gasteiger partial charge in [-0.1, -0.05) is 11.6 Å². The Bertz CT molecular complexity index is 384. The van der Waals surface area contributed by atoms with Crippen molar-refractivity contribution in [3.63, 3.8) is 0 Å². The molecule has 0 bridgehead atoms. The number of nitro groups is 1. The molecule has 4 nitrogen and oxygen atoms in total. The van der Waals surface area contributed by atoms with Crippen LogP contribution in [0.5, 0.6) is 0 Å². The van der Waals surface area contributed by atoms with E-state index in [0.717, 1.165) is 0 Å². The summed E-state index contributed by atoms with van der Waals surface area (Å²) < 4.78 is 0. The molecule has 0 aliphatic rings. The second-order valence-corrected chi connectivity index (χ2v) is 2.78. The van der Waals surface area contributed by atoms with E-state index in [1.807, 2.05) is 0 Å². The number of hydrogen-bond acceptors (Lipinski definition) is 2. The number of hydrogen-bond donors (Lipinski definition) is 0. The van der Waals surface area contributed by atoms with Gasteiger partial charge >= 0.3 is 0 Å². The van der Waals surface area contributed by atoms with Gasteiger partial charge in [-0.05, 0) is 12.1 Å². The summed E-state index contributed by atoms with van der Waals surface area (Å²) in [5.41, 5.74) is 0.299. The zero-order valence-corrected chi connectivity index (χ0v) is 7.28. The number of halogens is 1. The van der Waals surface area contributed by atoms with Gasteiger partial charge in [0, 0.05) is 11.1 Å². The quantitative estimate of drug-likeness (QED) is 0.415. The Morgan fingerprint density at radius 1 is 1.62 bits per heavy atom. The van der Waals surface area contributed by atoms with Crippen LogP contribution < -0.4 is 0 Å². The van der Waals surface area contributed by atoms with Crippen LogP contribution in [-0.4, -0.2) is 4.92 Å². The SMILES string of the molecule is [C-]#[N+]Cc1cc(Cl)ccc1[N+](=O)[O-]. The third-order valence-corrected chi connectivity index (χ3v) is 1.72. The molecule has 0 aliphatic heterocycles. The van der Waals surface area contributed by atoms with E-state index in [2.05, 4.69) is 4.85 Å². The fourth-order valence-electron chi connectivity index (χ4n) is 0.944. The van der Waals surface area contributed by atoms with Gasteiger partial charge in [0.05, 0.1) is 4.92 Å². The highest BCUT2D eigenvalue weighted by molar-refractivity contribution is 6.30. The summed E-state index contributed by atoms with van der Waals surface area (Å²) in [6, 6.07) is 4.19. The summed E-state index contributed by atoms with van der Waals surface area (Å²) in [4.78, 5) is 13.0.